The molecule has 2 saturated heterocycles. The minimum absolute atomic E-state index is 0.0207. The van der Waals surface area contributed by atoms with Gasteiger partial charge in [-0.1, -0.05) is 5.16 Å². The first-order chi connectivity index (χ1) is 11.5. The Morgan fingerprint density at radius 1 is 1.33 bits per heavy atom. The Morgan fingerprint density at radius 2 is 2.17 bits per heavy atom. The third kappa shape index (κ3) is 3.22. The normalized spacial score (nSPS) is 31.8. The highest BCUT2D eigenvalue weighted by Crippen LogP contribution is 2.40. The van der Waals surface area contributed by atoms with E-state index in [9.17, 15) is 13.5 Å². The van der Waals surface area contributed by atoms with Crippen LogP contribution >= 0.6 is 0 Å². The quantitative estimate of drug-likeness (QED) is 0.800. The maximum absolute atomic E-state index is 12.5. The second-order valence-electron chi connectivity index (χ2n) is 7.09. The minimum Gasteiger partial charge on any atom is -0.379 e. The molecule has 4 rings (SSSR count). The Bertz CT molecular complexity index is 696. The summed E-state index contributed by atoms with van der Waals surface area (Å²) in [6.45, 7) is 0.966. The van der Waals surface area contributed by atoms with Gasteiger partial charge in [0.15, 0.2) is 11.4 Å². The van der Waals surface area contributed by atoms with Crippen molar-refractivity contribution in [1.82, 2.24) is 14.4 Å². The van der Waals surface area contributed by atoms with Gasteiger partial charge in [0.25, 0.3) is 5.89 Å². The summed E-state index contributed by atoms with van der Waals surface area (Å²) in [6.07, 6.45) is 4.82. The van der Waals surface area contributed by atoms with Crippen LogP contribution in [-0.4, -0.2) is 59.5 Å². The predicted octanol–water partition coefficient (Wildman–Crippen LogP) is 0.739. The maximum Gasteiger partial charge on any atom is 0.260 e. The fourth-order valence-electron chi connectivity index (χ4n) is 3.38. The highest BCUT2D eigenvalue weighted by atomic mass is 32.2. The van der Waals surface area contributed by atoms with Crippen LogP contribution in [-0.2, 0) is 20.4 Å². The van der Waals surface area contributed by atoms with Gasteiger partial charge in [-0.25, -0.2) is 8.42 Å². The molecule has 1 aromatic rings. The molecule has 0 radical (unpaired) electrons. The van der Waals surface area contributed by atoms with Gasteiger partial charge in [0, 0.05) is 25.5 Å². The molecule has 8 nitrogen and oxygen atoms in total. The van der Waals surface area contributed by atoms with Crippen molar-refractivity contribution in [3.8, 4) is 0 Å². The van der Waals surface area contributed by atoms with Crippen molar-refractivity contribution < 1.29 is 22.8 Å². The Kier molecular flexibility index (Phi) is 4.14. The molecule has 134 valence electrons. The first kappa shape index (κ1) is 16.4. The summed E-state index contributed by atoms with van der Waals surface area (Å²) in [7, 11) is -3.42. The van der Waals surface area contributed by atoms with E-state index in [-0.39, 0.29) is 37.3 Å². The van der Waals surface area contributed by atoms with E-state index >= 15 is 0 Å². The number of aromatic nitrogens is 2. The van der Waals surface area contributed by atoms with Crippen LogP contribution in [0.5, 0.6) is 0 Å². The van der Waals surface area contributed by atoms with Crippen molar-refractivity contribution >= 4 is 10.0 Å². The van der Waals surface area contributed by atoms with Crippen LogP contribution in [0.25, 0.3) is 0 Å². The van der Waals surface area contributed by atoms with Crippen molar-refractivity contribution in [2.45, 2.75) is 56.1 Å². The highest BCUT2D eigenvalue weighted by Gasteiger charge is 2.47. The lowest BCUT2D eigenvalue weighted by atomic mass is 10.0. The number of hydrogen-bond donors (Lipinski definition) is 1. The average Bonchev–Trinajstić information content (AvgIpc) is 3.00. The summed E-state index contributed by atoms with van der Waals surface area (Å²) < 4.78 is 37.1. The molecule has 0 spiro atoms. The molecule has 3 aliphatic rings. The zero-order chi connectivity index (χ0) is 16.8. The van der Waals surface area contributed by atoms with Gasteiger partial charge in [-0.2, -0.15) is 9.29 Å². The monoisotopic (exact) mass is 357 g/mol. The molecule has 0 aromatic carbocycles. The Balaban J connectivity index is 1.40. The fourth-order valence-corrected chi connectivity index (χ4v) is 4.98. The SMILES string of the molecule is O=S(=O)(CCC1CCCO1)N1CCC(O)(c2nc(C3CC3)no2)C1. The van der Waals surface area contributed by atoms with E-state index in [2.05, 4.69) is 10.1 Å². The molecule has 2 unspecified atom stereocenters. The minimum atomic E-state index is -3.42. The van der Waals surface area contributed by atoms with Crippen molar-refractivity contribution in [2.75, 3.05) is 25.4 Å². The smallest absolute Gasteiger partial charge is 0.260 e. The van der Waals surface area contributed by atoms with Gasteiger partial charge in [0.2, 0.25) is 10.0 Å². The lowest BCUT2D eigenvalue weighted by Crippen LogP contribution is -2.36. The van der Waals surface area contributed by atoms with Crippen molar-refractivity contribution in [1.29, 1.82) is 0 Å². The van der Waals surface area contributed by atoms with Crippen molar-refractivity contribution in [2.24, 2.45) is 0 Å². The van der Waals surface area contributed by atoms with Crippen LogP contribution in [0.15, 0.2) is 4.52 Å². The predicted molar refractivity (Wildman–Crippen MR) is 83.7 cm³/mol. The van der Waals surface area contributed by atoms with E-state index in [1.54, 1.807) is 0 Å². The fraction of sp³-hybridized carbons (Fsp3) is 0.867. The van der Waals surface area contributed by atoms with Crippen LogP contribution in [0.2, 0.25) is 0 Å². The topological polar surface area (TPSA) is 106 Å². The molecule has 1 N–H and O–H groups in total. The maximum atomic E-state index is 12.5. The van der Waals surface area contributed by atoms with Gasteiger partial charge in [0.05, 0.1) is 18.4 Å². The molecular weight excluding hydrogens is 334 g/mol. The van der Waals surface area contributed by atoms with Gasteiger partial charge in [-0.05, 0) is 32.1 Å². The summed E-state index contributed by atoms with van der Waals surface area (Å²) in [5.74, 6) is 1.14. The van der Waals surface area contributed by atoms with E-state index in [1.807, 2.05) is 0 Å². The first-order valence-corrected chi connectivity index (χ1v) is 10.2. The molecule has 0 bridgehead atoms. The van der Waals surface area contributed by atoms with Gasteiger partial charge >= 0.3 is 0 Å². The summed E-state index contributed by atoms with van der Waals surface area (Å²) in [5, 5.41) is 14.7. The number of β-amino-alcohol motifs (C(OH)–C–C–N with tert-alkyl or cyclic N) is 1. The zero-order valence-electron chi connectivity index (χ0n) is 13.6. The van der Waals surface area contributed by atoms with Crippen LogP contribution in [0.1, 0.15) is 56.2 Å². The lowest BCUT2D eigenvalue weighted by Gasteiger charge is -2.20. The van der Waals surface area contributed by atoms with Gasteiger partial charge in [-0.15, -0.1) is 0 Å². The van der Waals surface area contributed by atoms with Gasteiger partial charge in [-0.3, -0.25) is 0 Å². The van der Waals surface area contributed by atoms with E-state index in [0.717, 1.165) is 25.7 Å². The molecule has 1 aromatic heterocycles. The lowest BCUT2D eigenvalue weighted by molar-refractivity contribution is 0.0194. The molecule has 0 amide bonds. The molecule has 9 heteroatoms. The van der Waals surface area contributed by atoms with Crippen molar-refractivity contribution in [3.63, 3.8) is 0 Å². The van der Waals surface area contributed by atoms with Crippen LogP contribution in [0, 0.1) is 0 Å². The molecule has 3 fully saturated rings. The Labute approximate surface area is 141 Å². The van der Waals surface area contributed by atoms with E-state index < -0.39 is 15.6 Å². The highest BCUT2D eigenvalue weighted by molar-refractivity contribution is 7.89. The second kappa shape index (κ2) is 6.05. The number of aliphatic hydroxyl groups is 1. The second-order valence-corrected chi connectivity index (χ2v) is 9.18. The van der Waals surface area contributed by atoms with Gasteiger partial charge in [0.1, 0.15) is 0 Å². The summed E-state index contributed by atoms with van der Waals surface area (Å²) >= 11 is 0. The number of ether oxygens (including phenoxy) is 1. The summed E-state index contributed by atoms with van der Waals surface area (Å²) in [4.78, 5) is 4.28. The number of rotatable bonds is 6. The average molecular weight is 357 g/mol. The molecule has 1 saturated carbocycles. The number of hydrogen-bond acceptors (Lipinski definition) is 7. The van der Waals surface area contributed by atoms with Crippen molar-refractivity contribution in [3.05, 3.63) is 11.7 Å². The first-order valence-electron chi connectivity index (χ1n) is 8.62. The number of nitrogens with zero attached hydrogens (tertiary/aromatic N) is 3. The van der Waals surface area contributed by atoms with Gasteiger partial charge < -0.3 is 14.4 Å². The zero-order valence-corrected chi connectivity index (χ0v) is 14.4. The molecular formula is C15H23N3O5S. The Hall–Kier alpha value is -1.03. The van der Waals surface area contributed by atoms with Crippen LogP contribution in [0.3, 0.4) is 0 Å². The molecule has 24 heavy (non-hydrogen) atoms. The standard InChI is InChI=1S/C15H23N3O5S/c19-15(14-16-13(17-23-14)11-3-4-11)6-7-18(10-15)24(20,21)9-5-12-2-1-8-22-12/h11-12,19H,1-10H2. The third-order valence-electron chi connectivity index (χ3n) is 5.11. The van der Waals surface area contributed by atoms with Crippen LogP contribution < -0.4 is 0 Å². The molecule has 3 heterocycles. The van der Waals surface area contributed by atoms with Crippen LogP contribution in [0.4, 0.5) is 0 Å². The summed E-state index contributed by atoms with van der Waals surface area (Å²) in [6, 6.07) is 0. The van der Waals surface area contributed by atoms with E-state index in [1.165, 1.54) is 4.31 Å². The molecule has 2 aliphatic heterocycles. The van der Waals surface area contributed by atoms with E-state index in [0.29, 0.717) is 24.8 Å². The third-order valence-corrected chi connectivity index (χ3v) is 6.96. The summed E-state index contributed by atoms with van der Waals surface area (Å²) in [5.41, 5.74) is -1.38. The number of sulfonamides is 1. The largest absolute Gasteiger partial charge is 0.379 e. The Morgan fingerprint density at radius 3 is 2.88 bits per heavy atom. The molecule has 2 atom stereocenters. The van der Waals surface area contributed by atoms with E-state index in [4.69, 9.17) is 9.26 Å². The molecule has 1 aliphatic carbocycles.